The summed E-state index contributed by atoms with van der Waals surface area (Å²) in [5.41, 5.74) is 1.16. The van der Waals surface area contributed by atoms with E-state index in [2.05, 4.69) is 31.9 Å². The van der Waals surface area contributed by atoms with Crippen molar-refractivity contribution in [3.8, 4) is 5.75 Å². The van der Waals surface area contributed by atoms with Crippen LogP contribution < -0.4 is 4.74 Å². The average molecular weight is 426 g/mol. The van der Waals surface area contributed by atoms with Crippen LogP contribution in [0.1, 0.15) is 12.0 Å². The number of methoxy groups -OCH3 is 1. The third kappa shape index (κ3) is 3.98. The second-order valence-corrected chi connectivity index (χ2v) is 8.97. The average Bonchev–Trinajstić information content (AvgIpc) is 2.78. The van der Waals surface area contributed by atoms with Crippen molar-refractivity contribution in [2.75, 3.05) is 23.9 Å². The van der Waals surface area contributed by atoms with Gasteiger partial charge < -0.3 is 4.74 Å². The number of hydrogen-bond acceptors (Lipinski definition) is 3. The molecule has 0 aromatic heterocycles. The van der Waals surface area contributed by atoms with Crippen molar-refractivity contribution < 1.29 is 13.2 Å². The van der Waals surface area contributed by atoms with Crippen LogP contribution in [-0.4, -0.2) is 32.4 Å². The number of sulfone groups is 1. The predicted octanol–water partition coefficient (Wildman–Crippen LogP) is 3.45. The molecule has 0 radical (unpaired) electrons. The first-order valence-electron chi connectivity index (χ1n) is 6.54. The maximum Gasteiger partial charge on any atom is 0.150 e. The molecule has 6 heteroatoms. The Balaban J connectivity index is 2.14. The smallest absolute Gasteiger partial charge is 0.150 e. The van der Waals surface area contributed by atoms with Crippen molar-refractivity contribution in [3.05, 3.63) is 28.2 Å². The van der Waals surface area contributed by atoms with Crippen LogP contribution in [0.2, 0.25) is 0 Å². The number of hydrogen-bond donors (Lipinski definition) is 0. The van der Waals surface area contributed by atoms with Crippen LogP contribution in [0.4, 0.5) is 0 Å². The lowest BCUT2D eigenvalue weighted by Crippen LogP contribution is -2.20. The summed E-state index contributed by atoms with van der Waals surface area (Å²) in [5, 5.41) is 0.816. The Morgan fingerprint density at radius 1 is 1.45 bits per heavy atom. The van der Waals surface area contributed by atoms with Crippen LogP contribution in [0, 0.1) is 11.8 Å². The van der Waals surface area contributed by atoms with Gasteiger partial charge in [-0.2, -0.15) is 0 Å². The van der Waals surface area contributed by atoms with Gasteiger partial charge in [0.2, 0.25) is 0 Å². The zero-order valence-corrected chi connectivity index (χ0v) is 15.3. The van der Waals surface area contributed by atoms with Gasteiger partial charge in [0.25, 0.3) is 0 Å². The van der Waals surface area contributed by atoms with E-state index in [0.717, 1.165) is 34.0 Å². The fourth-order valence-corrected chi connectivity index (χ4v) is 5.75. The van der Waals surface area contributed by atoms with E-state index in [1.165, 1.54) is 0 Å². The molecule has 0 N–H and O–H groups in total. The zero-order valence-electron chi connectivity index (χ0n) is 11.3. The highest BCUT2D eigenvalue weighted by Crippen LogP contribution is 2.32. The number of benzene rings is 1. The summed E-state index contributed by atoms with van der Waals surface area (Å²) in [5.74, 6) is 2.06. The van der Waals surface area contributed by atoms with Gasteiger partial charge >= 0.3 is 0 Å². The van der Waals surface area contributed by atoms with Gasteiger partial charge in [-0.25, -0.2) is 8.42 Å². The maximum absolute atomic E-state index is 11.6. The summed E-state index contributed by atoms with van der Waals surface area (Å²) < 4.78 is 29.6. The highest BCUT2D eigenvalue weighted by atomic mass is 79.9. The molecule has 112 valence electrons. The number of alkyl halides is 1. The maximum atomic E-state index is 11.6. The van der Waals surface area contributed by atoms with Gasteiger partial charge in [0.1, 0.15) is 5.75 Å². The third-order valence-electron chi connectivity index (χ3n) is 3.87. The Morgan fingerprint density at radius 2 is 2.20 bits per heavy atom. The largest absolute Gasteiger partial charge is 0.497 e. The highest BCUT2D eigenvalue weighted by molar-refractivity contribution is 9.10. The van der Waals surface area contributed by atoms with Gasteiger partial charge in [-0.05, 0) is 48.4 Å². The van der Waals surface area contributed by atoms with Crippen LogP contribution >= 0.6 is 31.9 Å². The molecule has 1 saturated heterocycles. The first kappa shape index (κ1) is 16.3. The SMILES string of the molecule is COc1ccc(Br)c(CC(CBr)C2CCS(=O)(=O)C2)c1. The predicted molar refractivity (Wildman–Crippen MR) is 88.4 cm³/mol. The van der Waals surface area contributed by atoms with E-state index in [1.807, 2.05) is 18.2 Å². The number of ether oxygens (including phenoxy) is 1. The molecule has 1 aliphatic heterocycles. The van der Waals surface area contributed by atoms with E-state index in [4.69, 9.17) is 4.74 Å². The topological polar surface area (TPSA) is 43.4 Å². The Labute approximate surface area is 137 Å². The summed E-state index contributed by atoms with van der Waals surface area (Å²) in [6, 6.07) is 5.91. The molecule has 0 spiro atoms. The van der Waals surface area contributed by atoms with Gasteiger partial charge in [-0.15, -0.1) is 0 Å². The van der Waals surface area contributed by atoms with E-state index >= 15 is 0 Å². The van der Waals surface area contributed by atoms with Crippen LogP contribution in [0.5, 0.6) is 5.75 Å². The monoisotopic (exact) mass is 424 g/mol. The van der Waals surface area contributed by atoms with Crippen molar-refractivity contribution in [1.29, 1.82) is 0 Å². The lowest BCUT2D eigenvalue weighted by molar-refractivity contribution is 0.397. The Kier molecular flexibility index (Phi) is 5.54. The molecule has 2 atom stereocenters. The van der Waals surface area contributed by atoms with Crippen LogP contribution in [0.25, 0.3) is 0 Å². The molecule has 0 amide bonds. The van der Waals surface area contributed by atoms with E-state index in [0.29, 0.717) is 17.4 Å². The first-order valence-corrected chi connectivity index (χ1v) is 10.3. The van der Waals surface area contributed by atoms with Gasteiger partial charge in [0, 0.05) is 9.80 Å². The van der Waals surface area contributed by atoms with Gasteiger partial charge in [-0.1, -0.05) is 31.9 Å². The summed E-state index contributed by atoms with van der Waals surface area (Å²) in [6.45, 7) is 0. The Bertz CT molecular complexity index is 572. The number of rotatable bonds is 5. The molecule has 0 bridgehead atoms. The minimum Gasteiger partial charge on any atom is -0.497 e. The van der Waals surface area contributed by atoms with Gasteiger partial charge in [0.15, 0.2) is 9.84 Å². The molecule has 1 aliphatic rings. The minimum absolute atomic E-state index is 0.248. The quantitative estimate of drug-likeness (QED) is 0.678. The molecule has 1 fully saturated rings. The molecule has 1 aromatic carbocycles. The lowest BCUT2D eigenvalue weighted by Gasteiger charge is -2.21. The fourth-order valence-electron chi connectivity index (χ4n) is 2.66. The van der Waals surface area contributed by atoms with E-state index in [-0.39, 0.29) is 5.92 Å². The number of halogens is 2. The molecular formula is C14H18Br2O3S. The van der Waals surface area contributed by atoms with Crippen molar-refractivity contribution in [1.82, 2.24) is 0 Å². The molecule has 1 aromatic rings. The van der Waals surface area contributed by atoms with Crippen molar-refractivity contribution in [3.63, 3.8) is 0 Å². The van der Waals surface area contributed by atoms with Crippen molar-refractivity contribution >= 4 is 41.7 Å². The first-order chi connectivity index (χ1) is 9.45. The molecule has 3 nitrogen and oxygen atoms in total. The van der Waals surface area contributed by atoms with E-state index in [1.54, 1.807) is 7.11 Å². The molecule has 0 aliphatic carbocycles. The van der Waals surface area contributed by atoms with Crippen molar-refractivity contribution in [2.45, 2.75) is 12.8 Å². The molecule has 2 rings (SSSR count). The standard InChI is InChI=1S/C14H18Br2O3S/c1-19-13-2-3-14(16)11(7-13)6-12(8-15)10-4-5-20(17,18)9-10/h2-3,7,10,12H,4-6,8-9H2,1H3. The highest BCUT2D eigenvalue weighted by Gasteiger charge is 2.33. The summed E-state index contributed by atoms with van der Waals surface area (Å²) in [4.78, 5) is 0. The molecule has 1 heterocycles. The minimum atomic E-state index is -2.82. The third-order valence-corrected chi connectivity index (χ3v) is 7.27. The second kappa shape index (κ2) is 6.79. The van der Waals surface area contributed by atoms with E-state index < -0.39 is 9.84 Å². The normalized spacial score (nSPS) is 22.6. The molecular weight excluding hydrogens is 408 g/mol. The fraction of sp³-hybridized carbons (Fsp3) is 0.571. The Morgan fingerprint density at radius 3 is 2.75 bits per heavy atom. The van der Waals surface area contributed by atoms with E-state index in [9.17, 15) is 8.42 Å². The van der Waals surface area contributed by atoms with Gasteiger partial charge in [-0.3, -0.25) is 0 Å². The lowest BCUT2D eigenvalue weighted by atomic mass is 9.88. The second-order valence-electron chi connectivity index (χ2n) is 5.24. The molecule has 0 saturated carbocycles. The molecule has 2 unspecified atom stereocenters. The van der Waals surface area contributed by atoms with Crippen molar-refractivity contribution in [2.24, 2.45) is 11.8 Å². The zero-order chi connectivity index (χ0) is 14.8. The van der Waals surface area contributed by atoms with Crippen LogP contribution in [0.3, 0.4) is 0 Å². The summed E-state index contributed by atoms with van der Waals surface area (Å²) >= 11 is 7.10. The molecule has 20 heavy (non-hydrogen) atoms. The summed E-state index contributed by atoms with van der Waals surface area (Å²) in [6.07, 6.45) is 1.63. The van der Waals surface area contributed by atoms with Crippen LogP contribution in [-0.2, 0) is 16.3 Å². The Hall–Kier alpha value is -0.0700. The van der Waals surface area contributed by atoms with Crippen LogP contribution in [0.15, 0.2) is 22.7 Å². The summed E-state index contributed by atoms with van der Waals surface area (Å²) in [7, 11) is -1.17. The van der Waals surface area contributed by atoms with Gasteiger partial charge in [0.05, 0.1) is 18.6 Å².